The summed E-state index contributed by atoms with van der Waals surface area (Å²) in [5.41, 5.74) is 4.12. The lowest BCUT2D eigenvalue weighted by molar-refractivity contribution is 0.0283. The first-order valence-corrected chi connectivity index (χ1v) is 5.35. The van der Waals surface area contributed by atoms with Gasteiger partial charge in [0, 0.05) is 10.9 Å². The molecule has 0 saturated heterocycles. The monoisotopic (exact) mass is 247 g/mol. The summed E-state index contributed by atoms with van der Waals surface area (Å²) in [6.07, 6.45) is -3.21. The van der Waals surface area contributed by atoms with E-state index in [1.807, 2.05) is 0 Å². The van der Waals surface area contributed by atoms with Crippen molar-refractivity contribution in [2.24, 2.45) is 11.7 Å². The van der Waals surface area contributed by atoms with Crippen molar-refractivity contribution in [3.05, 3.63) is 34.9 Å². The third kappa shape index (κ3) is 1.71. The molecule has 0 bridgehead atoms. The molecule has 0 spiro atoms. The number of halogens is 3. The normalized spacial score (nSPS) is 27.9. The van der Waals surface area contributed by atoms with Gasteiger partial charge < -0.3 is 10.8 Å². The van der Waals surface area contributed by atoms with E-state index in [1.165, 1.54) is 12.1 Å². The second kappa shape index (κ2) is 3.95. The molecule has 2 rings (SSSR count). The number of alkyl halides is 2. The van der Waals surface area contributed by atoms with Crippen LogP contribution >= 0.6 is 11.6 Å². The molecule has 2 nitrogen and oxygen atoms in total. The maximum absolute atomic E-state index is 13.1. The average molecular weight is 248 g/mol. The summed E-state index contributed by atoms with van der Waals surface area (Å²) in [6.45, 7) is 0. The smallest absolute Gasteiger partial charge is 0.260 e. The zero-order valence-corrected chi connectivity index (χ0v) is 9.16. The number of nitrogens with two attached hydrogens (primary N) is 1. The van der Waals surface area contributed by atoms with Crippen LogP contribution in [0.1, 0.15) is 12.0 Å². The van der Waals surface area contributed by atoms with Crippen LogP contribution in [0.2, 0.25) is 5.02 Å². The van der Waals surface area contributed by atoms with E-state index >= 15 is 0 Å². The summed E-state index contributed by atoms with van der Waals surface area (Å²) in [5.74, 6) is -0.618. The van der Waals surface area contributed by atoms with Gasteiger partial charge in [-0.3, -0.25) is 0 Å². The lowest BCUT2D eigenvalue weighted by atomic mass is 9.86. The van der Waals surface area contributed by atoms with Crippen LogP contribution in [-0.2, 0) is 5.54 Å². The Labute approximate surface area is 97.0 Å². The molecule has 1 fully saturated rings. The van der Waals surface area contributed by atoms with E-state index in [9.17, 15) is 13.9 Å². The van der Waals surface area contributed by atoms with Crippen LogP contribution < -0.4 is 5.73 Å². The Morgan fingerprint density at radius 1 is 1.44 bits per heavy atom. The number of aliphatic hydroxyl groups excluding tert-OH is 1. The summed E-state index contributed by atoms with van der Waals surface area (Å²) in [4.78, 5) is 0. The first-order valence-electron chi connectivity index (χ1n) is 4.98. The first kappa shape index (κ1) is 11.8. The third-order valence-corrected chi connectivity index (χ3v) is 3.40. The van der Waals surface area contributed by atoms with Gasteiger partial charge >= 0.3 is 0 Å². The Morgan fingerprint density at radius 3 is 2.44 bits per heavy atom. The molecule has 3 N–H and O–H groups in total. The van der Waals surface area contributed by atoms with Crippen molar-refractivity contribution in [1.82, 2.24) is 0 Å². The minimum absolute atomic E-state index is 0.202. The molecular formula is C11H12ClF2NO. The molecule has 1 saturated carbocycles. The molecular weight excluding hydrogens is 236 g/mol. The average Bonchev–Trinajstić information content (AvgIpc) is 2.95. The van der Waals surface area contributed by atoms with Crippen LogP contribution in [0, 0.1) is 5.92 Å². The molecule has 1 aliphatic carbocycles. The van der Waals surface area contributed by atoms with E-state index in [0.717, 1.165) is 0 Å². The number of hydrogen-bond donors (Lipinski definition) is 2. The van der Waals surface area contributed by atoms with Crippen molar-refractivity contribution in [1.29, 1.82) is 0 Å². The highest BCUT2D eigenvalue weighted by atomic mass is 35.5. The number of aliphatic hydroxyl groups is 1. The molecule has 3 atom stereocenters. The van der Waals surface area contributed by atoms with Gasteiger partial charge in [-0.1, -0.05) is 29.8 Å². The number of hydrogen-bond acceptors (Lipinski definition) is 2. The maximum Gasteiger partial charge on any atom is 0.260 e. The van der Waals surface area contributed by atoms with Gasteiger partial charge in [0.05, 0.1) is 6.10 Å². The predicted octanol–water partition coefficient (Wildman–Crippen LogP) is 2.14. The van der Waals surface area contributed by atoms with Crippen LogP contribution in [0.15, 0.2) is 24.3 Å². The summed E-state index contributed by atoms with van der Waals surface area (Å²) in [6, 6.07) is 6.27. The van der Waals surface area contributed by atoms with Crippen LogP contribution in [-0.4, -0.2) is 17.6 Å². The largest absolute Gasteiger partial charge is 0.393 e. The Hall–Kier alpha value is -0.710. The highest BCUT2D eigenvalue weighted by Gasteiger charge is 2.56. The quantitative estimate of drug-likeness (QED) is 0.860. The van der Waals surface area contributed by atoms with Crippen molar-refractivity contribution in [2.75, 3.05) is 0 Å². The minimum atomic E-state index is -2.76. The van der Waals surface area contributed by atoms with Crippen LogP contribution in [0.4, 0.5) is 8.78 Å². The Bertz CT molecular complexity index is 401. The van der Waals surface area contributed by atoms with Crippen molar-refractivity contribution < 1.29 is 13.9 Å². The Morgan fingerprint density at radius 2 is 2.00 bits per heavy atom. The molecule has 1 aliphatic rings. The fraction of sp³-hybridized carbons (Fsp3) is 0.455. The van der Waals surface area contributed by atoms with E-state index in [2.05, 4.69) is 0 Å². The van der Waals surface area contributed by atoms with Crippen molar-refractivity contribution in [2.45, 2.75) is 24.5 Å². The molecule has 1 aromatic carbocycles. The minimum Gasteiger partial charge on any atom is -0.393 e. The van der Waals surface area contributed by atoms with Crippen molar-refractivity contribution in [3.8, 4) is 0 Å². The topological polar surface area (TPSA) is 46.2 Å². The fourth-order valence-corrected chi connectivity index (χ4v) is 2.29. The van der Waals surface area contributed by atoms with Gasteiger partial charge in [0.2, 0.25) is 0 Å². The van der Waals surface area contributed by atoms with Crippen LogP contribution in [0.3, 0.4) is 0 Å². The summed E-state index contributed by atoms with van der Waals surface area (Å²) in [7, 11) is 0. The van der Waals surface area contributed by atoms with Crippen molar-refractivity contribution >= 4 is 11.6 Å². The molecule has 88 valence electrons. The molecule has 5 heteroatoms. The maximum atomic E-state index is 13.1. The van der Waals surface area contributed by atoms with Gasteiger partial charge in [-0.25, -0.2) is 8.78 Å². The molecule has 0 aromatic heterocycles. The van der Waals surface area contributed by atoms with Gasteiger partial charge in [0.1, 0.15) is 5.54 Å². The van der Waals surface area contributed by atoms with Gasteiger partial charge in [-0.15, -0.1) is 0 Å². The molecule has 16 heavy (non-hydrogen) atoms. The van der Waals surface area contributed by atoms with E-state index in [-0.39, 0.29) is 10.6 Å². The summed E-state index contributed by atoms with van der Waals surface area (Å²) in [5, 5.41) is 9.52. The molecule has 0 heterocycles. The highest BCUT2D eigenvalue weighted by Crippen LogP contribution is 2.49. The van der Waals surface area contributed by atoms with Gasteiger partial charge in [0.15, 0.2) is 0 Å². The second-order valence-electron chi connectivity index (χ2n) is 4.12. The third-order valence-electron chi connectivity index (χ3n) is 3.07. The number of benzene rings is 1. The summed E-state index contributed by atoms with van der Waals surface area (Å²) < 4.78 is 26.2. The molecule has 0 radical (unpaired) electrons. The lowest BCUT2D eigenvalue weighted by Crippen LogP contribution is -2.47. The van der Waals surface area contributed by atoms with E-state index in [1.54, 1.807) is 12.1 Å². The van der Waals surface area contributed by atoms with Crippen LogP contribution in [0.25, 0.3) is 0 Å². The van der Waals surface area contributed by atoms with Crippen LogP contribution in [0.5, 0.6) is 0 Å². The highest BCUT2D eigenvalue weighted by molar-refractivity contribution is 6.31. The standard InChI is InChI=1S/C11H12ClF2NO/c12-8-4-2-1-3-6(8)11(15,10(13)14)7-5-9(7)16/h1-4,7,9-10,16H,5,15H2/t7-,9?,11+/m1/s1. The summed E-state index contributed by atoms with van der Waals surface area (Å²) >= 11 is 5.88. The predicted molar refractivity (Wildman–Crippen MR) is 57.4 cm³/mol. The van der Waals surface area contributed by atoms with E-state index in [4.69, 9.17) is 17.3 Å². The van der Waals surface area contributed by atoms with E-state index in [0.29, 0.717) is 6.42 Å². The van der Waals surface area contributed by atoms with Gasteiger partial charge in [-0.05, 0) is 18.1 Å². The Kier molecular flexibility index (Phi) is 2.90. The SMILES string of the molecule is N[C@](c1ccccc1Cl)(C(F)F)[C@@H]1CC1O. The lowest BCUT2D eigenvalue weighted by Gasteiger charge is -2.30. The molecule has 0 aliphatic heterocycles. The molecule has 0 amide bonds. The molecule has 1 aromatic rings. The Balaban J connectivity index is 2.44. The zero-order valence-electron chi connectivity index (χ0n) is 8.41. The number of rotatable bonds is 3. The van der Waals surface area contributed by atoms with Gasteiger partial charge in [0.25, 0.3) is 6.43 Å². The van der Waals surface area contributed by atoms with Crippen molar-refractivity contribution in [3.63, 3.8) is 0 Å². The fourth-order valence-electron chi connectivity index (χ4n) is 1.99. The second-order valence-corrected chi connectivity index (χ2v) is 4.53. The van der Waals surface area contributed by atoms with Gasteiger partial charge in [-0.2, -0.15) is 0 Å². The van der Waals surface area contributed by atoms with E-state index < -0.39 is 24.0 Å². The molecule has 1 unspecified atom stereocenters. The first-order chi connectivity index (χ1) is 7.48. The zero-order chi connectivity index (χ0) is 11.9.